The van der Waals surface area contributed by atoms with Gasteiger partial charge >= 0.3 is 12.0 Å². The van der Waals surface area contributed by atoms with Crippen molar-refractivity contribution in [2.24, 2.45) is 0 Å². The molecule has 0 aliphatic carbocycles. The molecule has 104 valence electrons. The number of hydrogen-bond acceptors (Lipinski definition) is 3. The lowest BCUT2D eigenvalue weighted by Gasteiger charge is -2.19. The Morgan fingerprint density at radius 3 is 2.63 bits per heavy atom. The van der Waals surface area contributed by atoms with E-state index in [1.165, 1.54) is 4.90 Å². The zero-order valence-corrected chi connectivity index (χ0v) is 11.9. The van der Waals surface area contributed by atoms with Gasteiger partial charge in [-0.05, 0) is 11.6 Å². The molecule has 0 aliphatic rings. The third kappa shape index (κ3) is 4.88. The second kappa shape index (κ2) is 7.10. The molecular formula is C12H15BrN2O4. The molecule has 0 bridgehead atoms. The summed E-state index contributed by atoms with van der Waals surface area (Å²) in [5, 5.41) is 19.9. The molecule has 1 rings (SSSR count). The molecule has 0 saturated heterocycles. The fourth-order valence-corrected chi connectivity index (χ4v) is 1.77. The van der Waals surface area contributed by atoms with E-state index in [1.54, 1.807) is 7.05 Å². The molecule has 0 spiro atoms. The number of nitrogens with zero attached hydrogens (tertiary/aromatic N) is 1. The number of rotatable bonds is 5. The van der Waals surface area contributed by atoms with E-state index in [2.05, 4.69) is 21.2 Å². The monoisotopic (exact) mass is 330 g/mol. The molecule has 7 heteroatoms. The second-order valence-corrected chi connectivity index (χ2v) is 4.84. The molecule has 19 heavy (non-hydrogen) atoms. The molecule has 0 heterocycles. The van der Waals surface area contributed by atoms with Gasteiger partial charge in [-0.15, -0.1) is 0 Å². The Kier molecular flexibility index (Phi) is 5.78. The van der Waals surface area contributed by atoms with E-state index in [0.29, 0.717) is 6.54 Å². The van der Waals surface area contributed by atoms with Gasteiger partial charge < -0.3 is 20.4 Å². The maximum Gasteiger partial charge on any atom is 0.334 e. The molecular weight excluding hydrogens is 316 g/mol. The van der Waals surface area contributed by atoms with Crippen molar-refractivity contribution >= 4 is 27.9 Å². The van der Waals surface area contributed by atoms with Crippen LogP contribution >= 0.6 is 15.9 Å². The third-order valence-corrected chi connectivity index (χ3v) is 3.22. The van der Waals surface area contributed by atoms with Crippen molar-refractivity contribution < 1.29 is 19.8 Å². The van der Waals surface area contributed by atoms with Crippen LogP contribution in [0.3, 0.4) is 0 Å². The van der Waals surface area contributed by atoms with Crippen molar-refractivity contribution in [1.82, 2.24) is 10.2 Å². The summed E-state index contributed by atoms with van der Waals surface area (Å²) in [5.41, 5.74) is 0.930. The number of carboxylic acids is 1. The molecule has 2 amide bonds. The van der Waals surface area contributed by atoms with Crippen LogP contribution in [0, 0.1) is 0 Å². The number of nitrogens with one attached hydrogen (secondary N) is 1. The van der Waals surface area contributed by atoms with Crippen molar-refractivity contribution in [3.05, 3.63) is 34.3 Å². The number of carboxylic acid groups (broad SMARTS) is 1. The Hall–Kier alpha value is -1.60. The fourth-order valence-electron chi connectivity index (χ4n) is 1.36. The number of aliphatic carboxylic acids is 1. The Bertz CT molecular complexity index is 467. The normalized spacial score (nSPS) is 11.7. The number of hydrogen-bond donors (Lipinski definition) is 3. The molecule has 6 nitrogen and oxygen atoms in total. The highest BCUT2D eigenvalue weighted by molar-refractivity contribution is 9.10. The lowest BCUT2D eigenvalue weighted by Crippen LogP contribution is -2.42. The fraction of sp³-hybridized carbons (Fsp3) is 0.333. The van der Waals surface area contributed by atoms with E-state index in [9.17, 15) is 9.59 Å². The van der Waals surface area contributed by atoms with Crippen molar-refractivity contribution in [3.8, 4) is 0 Å². The average molecular weight is 331 g/mol. The Morgan fingerprint density at radius 2 is 2.05 bits per heavy atom. The summed E-state index contributed by atoms with van der Waals surface area (Å²) < 4.78 is 0.889. The minimum Gasteiger partial charge on any atom is -0.479 e. The highest BCUT2D eigenvalue weighted by Crippen LogP contribution is 2.17. The predicted octanol–water partition coefficient (Wildman–Crippen LogP) is 1.04. The summed E-state index contributed by atoms with van der Waals surface area (Å²) in [6, 6.07) is 7.03. The minimum atomic E-state index is -1.60. The molecule has 0 radical (unpaired) electrons. The predicted molar refractivity (Wildman–Crippen MR) is 72.7 cm³/mol. The quantitative estimate of drug-likeness (QED) is 0.752. The van der Waals surface area contributed by atoms with Gasteiger partial charge in [0.25, 0.3) is 0 Å². The molecule has 1 aromatic carbocycles. The summed E-state index contributed by atoms with van der Waals surface area (Å²) in [4.78, 5) is 23.5. The first-order chi connectivity index (χ1) is 8.91. The Labute approximate surface area is 119 Å². The van der Waals surface area contributed by atoms with Crippen LogP contribution in [-0.4, -0.2) is 46.8 Å². The number of aliphatic hydroxyl groups excluding tert-OH is 1. The van der Waals surface area contributed by atoms with E-state index in [1.807, 2.05) is 24.3 Å². The summed E-state index contributed by atoms with van der Waals surface area (Å²) in [5.74, 6) is -1.37. The number of benzene rings is 1. The molecule has 3 N–H and O–H groups in total. The summed E-state index contributed by atoms with van der Waals surface area (Å²) >= 11 is 3.38. The highest BCUT2D eigenvalue weighted by atomic mass is 79.9. The van der Waals surface area contributed by atoms with Gasteiger partial charge in [0, 0.05) is 18.1 Å². The van der Waals surface area contributed by atoms with E-state index in [0.717, 1.165) is 10.0 Å². The van der Waals surface area contributed by atoms with Crippen LogP contribution in [0.1, 0.15) is 5.56 Å². The lowest BCUT2D eigenvalue weighted by atomic mass is 10.2. The summed E-state index contributed by atoms with van der Waals surface area (Å²) in [7, 11) is 1.59. The third-order valence-electron chi connectivity index (χ3n) is 2.44. The molecule has 1 atom stereocenters. The molecule has 1 aromatic rings. The van der Waals surface area contributed by atoms with Crippen LogP contribution in [0.2, 0.25) is 0 Å². The number of urea groups is 1. The van der Waals surface area contributed by atoms with Crippen LogP contribution in [0.5, 0.6) is 0 Å². The number of carbonyl (C=O) groups is 2. The van der Waals surface area contributed by atoms with Crippen molar-refractivity contribution in [1.29, 1.82) is 0 Å². The minimum absolute atomic E-state index is 0.325. The number of carbonyl (C=O) groups excluding carboxylic acids is 1. The van der Waals surface area contributed by atoms with Gasteiger partial charge in [0.15, 0.2) is 6.10 Å². The van der Waals surface area contributed by atoms with Crippen LogP contribution in [-0.2, 0) is 11.3 Å². The molecule has 0 saturated carbocycles. The van der Waals surface area contributed by atoms with Gasteiger partial charge in [0.1, 0.15) is 0 Å². The molecule has 0 aromatic heterocycles. The number of amides is 2. The van der Waals surface area contributed by atoms with E-state index < -0.39 is 18.1 Å². The van der Waals surface area contributed by atoms with Gasteiger partial charge in [-0.3, -0.25) is 0 Å². The van der Waals surface area contributed by atoms with Crippen molar-refractivity contribution in [3.63, 3.8) is 0 Å². The molecule has 0 aliphatic heterocycles. The van der Waals surface area contributed by atoms with Crippen LogP contribution in [0.4, 0.5) is 4.79 Å². The first-order valence-electron chi connectivity index (χ1n) is 5.55. The lowest BCUT2D eigenvalue weighted by molar-refractivity contribution is -0.146. The van der Waals surface area contributed by atoms with Gasteiger partial charge in [-0.2, -0.15) is 0 Å². The maximum atomic E-state index is 11.7. The average Bonchev–Trinajstić information content (AvgIpc) is 2.37. The highest BCUT2D eigenvalue weighted by Gasteiger charge is 2.16. The van der Waals surface area contributed by atoms with Gasteiger partial charge in [-0.1, -0.05) is 34.1 Å². The van der Waals surface area contributed by atoms with E-state index in [-0.39, 0.29) is 6.54 Å². The standard InChI is InChI=1S/C12H15BrN2O4/c1-15(7-8-4-2-3-5-9(8)13)12(19)14-6-10(16)11(17)18/h2-5,10,16H,6-7H2,1H3,(H,14,19)(H,17,18). The zero-order chi connectivity index (χ0) is 14.4. The molecule has 1 unspecified atom stereocenters. The largest absolute Gasteiger partial charge is 0.479 e. The molecule has 0 fully saturated rings. The van der Waals surface area contributed by atoms with Gasteiger partial charge in [-0.25, -0.2) is 9.59 Å². The Morgan fingerprint density at radius 1 is 1.42 bits per heavy atom. The zero-order valence-electron chi connectivity index (χ0n) is 10.3. The SMILES string of the molecule is CN(Cc1ccccc1Br)C(=O)NCC(O)C(=O)O. The number of halogens is 1. The van der Waals surface area contributed by atoms with Gasteiger partial charge in [0.2, 0.25) is 0 Å². The van der Waals surface area contributed by atoms with Crippen LogP contribution < -0.4 is 5.32 Å². The van der Waals surface area contributed by atoms with Gasteiger partial charge in [0.05, 0.1) is 6.54 Å². The Balaban J connectivity index is 2.50. The topological polar surface area (TPSA) is 89.9 Å². The maximum absolute atomic E-state index is 11.7. The van der Waals surface area contributed by atoms with Crippen LogP contribution in [0.25, 0.3) is 0 Å². The van der Waals surface area contributed by atoms with Crippen molar-refractivity contribution in [2.45, 2.75) is 12.6 Å². The smallest absolute Gasteiger partial charge is 0.334 e. The van der Waals surface area contributed by atoms with Crippen molar-refractivity contribution in [2.75, 3.05) is 13.6 Å². The van der Waals surface area contributed by atoms with Crippen LogP contribution in [0.15, 0.2) is 28.7 Å². The summed E-state index contributed by atoms with van der Waals surface area (Å²) in [6.07, 6.45) is -1.60. The first-order valence-corrected chi connectivity index (χ1v) is 6.34. The van der Waals surface area contributed by atoms with E-state index >= 15 is 0 Å². The first kappa shape index (κ1) is 15.5. The number of aliphatic hydroxyl groups is 1. The van der Waals surface area contributed by atoms with E-state index in [4.69, 9.17) is 10.2 Å². The second-order valence-electron chi connectivity index (χ2n) is 3.99. The summed E-state index contributed by atoms with van der Waals surface area (Å²) in [6.45, 7) is 0.0465.